The van der Waals surface area contributed by atoms with Crippen LogP contribution in [0.4, 0.5) is 0 Å². The molecule has 1 heterocycles. The van der Waals surface area contributed by atoms with Crippen LogP contribution in [0.3, 0.4) is 0 Å². The number of nitrogens with zero attached hydrogens (tertiary/aromatic N) is 3. The highest BCUT2D eigenvalue weighted by atomic mass is 16.5. The first kappa shape index (κ1) is 17.3. The molecular formula is C19H24N4O2. The maximum Gasteiger partial charge on any atom is 0.260 e. The lowest BCUT2D eigenvalue weighted by Gasteiger charge is -2.31. The third-order valence-corrected chi connectivity index (χ3v) is 5.17. The predicted molar refractivity (Wildman–Crippen MR) is 95.0 cm³/mol. The Morgan fingerprint density at radius 3 is 2.80 bits per heavy atom. The molecule has 0 radical (unpaired) electrons. The number of ether oxygens (including phenoxy) is 1. The summed E-state index contributed by atoms with van der Waals surface area (Å²) < 4.78 is 5.88. The van der Waals surface area contributed by atoms with E-state index in [0.717, 1.165) is 12.8 Å². The van der Waals surface area contributed by atoms with E-state index in [4.69, 9.17) is 15.7 Å². The van der Waals surface area contributed by atoms with Crippen molar-refractivity contribution in [1.29, 1.82) is 5.26 Å². The van der Waals surface area contributed by atoms with E-state index in [1.165, 1.54) is 24.2 Å². The summed E-state index contributed by atoms with van der Waals surface area (Å²) in [6, 6.07) is 9.03. The van der Waals surface area contributed by atoms with Crippen molar-refractivity contribution in [2.45, 2.75) is 44.1 Å². The molecule has 6 heteroatoms. The maximum atomic E-state index is 12.9. The molecule has 2 aliphatic rings. The summed E-state index contributed by atoms with van der Waals surface area (Å²) in [7, 11) is 1.65. The molecule has 1 aliphatic carbocycles. The molecule has 1 aromatic carbocycles. The van der Waals surface area contributed by atoms with Crippen LogP contribution in [0.25, 0.3) is 0 Å². The Labute approximate surface area is 148 Å². The molecule has 6 nitrogen and oxygen atoms in total. The van der Waals surface area contributed by atoms with Gasteiger partial charge in [-0.1, -0.05) is 38.2 Å². The number of aliphatic imine (C=N–C) groups is 1. The number of nitriles is 1. The Hall–Kier alpha value is -2.55. The zero-order valence-electron chi connectivity index (χ0n) is 14.6. The topological polar surface area (TPSA) is 91.7 Å². The molecule has 0 aromatic heterocycles. The average molecular weight is 340 g/mol. The highest BCUT2D eigenvalue weighted by Gasteiger charge is 2.48. The van der Waals surface area contributed by atoms with Crippen LogP contribution in [0.1, 0.15) is 44.1 Å². The van der Waals surface area contributed by atoms with Crippen molar-refractivity contribution in [2.24, 2.45) is 16.6 Å². The Morgan fingerprint density at radius 1 is 1.40 bits per heavy atom. The fourth-order valence-electron chi connectivity index (χ4n) is 3.77. The third kappa shape index (κ3) is 3.60. The van der Waals surface area contributed by atoms with E-state index < -0.39 is 5.54 Å². The molecular weight excluding hydrogens is 316 g/mol. The van der Waals surface area contributed by atoms with Gasteiger partial charge in [0.05, 0.1) is 11.6 Å². The first-order valence-electron chi connectivity index (χ1n) is 8.80. The molecule has 1 fully saturated rings. The highest BCUT2D eigenvalue weighted by molar-refractivity contribution is 6.06. The van der Waals surface area contributed by atoms with Gasteiger partial charge in [-0.15, -0.1) is 0 Å². The van der Waals surface area contributed by atoms with Crippen molar-refractivity contribution in [3.05, 3.63) is 29.8 Å². The molecule has 1 unspecified atom stereocenters. The number of hydrogen-bond acceptors (Lipinski definition) is 5. The Morgan fingerprint density at radius 2 is 2.16 bits per heavy atom. The third-order valence-electron chi connectivity index (χ3n) is 5.17. The van der Waals surface area contributed by atoms with Crippen molar-refractivity contribution >= 4 is 11.9 Å². The van der Waals surface area contributed by atoms with E-state index >= 15 is 0 Å². The van der Waals surface area contributed by atoms with Gasteiger partial charge >= 0.3 is 0 Å². The van der Waals surface area contributed by atoms with Gasteiger partial charge in [0.15, 0.2) is 11.5 Å². The van der Waals surface area contributed by atoms with Crippen LogP contribution < -0.4 is 10.5 Å². The van der Waals surface area contributed by atoms with E-state index in [0.29, 0.717) is 23.7 Å². The first-order chi connectivity index (χ1) is 12.0. The summed E-state index contributed by atoms with van der Waals surface area (Å²) in [6.45, 7) is 0.141. The summed E-state index contributed by atoms with van der Waals surface area (Å²) in [6.07, 6.45) is 6.58. The van der Waals surface area contributed by atoms with E-state index in [1.54, 1.807) is 31.3 Å². The summed E-state index contributed by atoms with van der Waals surface area (Å²) >= 11 is 0. The van der Waals surface area contributed by atoms with Gasteiger partial charge in [-0.2, -0.15) is 5.26 Å². The average Bonchev–Trinajstić information content (AvgIpc) is 2.85. The number of benzene rings is 1. The van der Waals surface area contributed by atoms with Gasteiger partial charge < -0.3 is 10.5 Å². The SMILES string of the molecule is CN1C(=O)C(COc2cccc(C#N)c2)(CC2CCCCC2)N=C1N. The molecule has 1 aliphatic heterocycles. The lowest BCUT2D eigenvalue weighted by atomic mass is 9.79. The Kier molecular flexibility index (Phi) is 4.93. The van der Waals surface area contributed by atoms with Gasteiger partial charge in [-0.05, 0) is 30.5 Å². The molecule has 1 saturated carbocycles. The van der Waals surface area contributed by atoms with Gasteiger partial charge in [0.2, 0.25) is 0 Å². The first-order valence-corrected chi connectivity index (χ1v) is 8.80. The summed E-state index contributed by atoms with van der Waals surface area (Å²) in [4.78, 5) is 18.8. The van der Waals surface area contributed by atoms with Gasteiger partial charge in [0.1, 0.15) is 12.4 Å². The van der Waals surface area contributed by atoms with Crippen LogP contribution in [0.2, 0.25) is 0 Å². The standard InChI is InChI=1S/C19H24N4O2/c1-23-17(24)19(22-18(23)21,11-14-6-3-2-4-7-14)13-25-16-9-5-8-15(10-16)12-20/h5,8-10,14H,2-4,6-7,11,13H2,1H3,(H2,21,22). The Balaban J connectivity index is 1.79. The quantitative estimate of drug-likeness (QED) is 0.891. The van der Waals surface area contributed by atoms with Crippen LogP contribution in [-0.4, -0.2) is 36.0 Å². The number of hydrogen-bond donors (Lipinski definition) is 1. The van der Waals surface area contributed by atoms with Crippen LogP contribution in [0, 0.1) is 17.2 Å². The van der Waals surface area contributed by atoms with E-state index in [1.807, 2.05) is 0 Å². The number of carbonyl (C=O) groups is 1. The Bertz CT molecular complexity index is 718. The fourth-order valence-corrected chi connectivity index (χ4v) is 3.77. The van der Waals surface area contributed by atoms with Crippen LogP contribution in [0.15, 0.2) is 29.3 Å². The van der Waals surface area contributed by atoms with Gasteiger partial charge in [-0.3, -0.25) is 9.69 Å². The van der Waals surface area contributed by atoms with Crippen molar-refractivity contribution in [1.82, 2.24) is 4.90 Å². The predicted octanol–water partition coefficient (Wildman–Crippen LogP) is 2.43. The minimum absolute atomic E-state index is 0.105. The number of guanidine groups is 1. The molecule has 0 saturated heterocycles. The summed E-state index contributed by atoms with van der Waals surface area (Å²) in [5, 5.41) is 9.02. The van der Waals surface area contributed by atoms with Gasteiger partial charge in [-0.25, -0.2) is 4.99 Å². The maximum absolute atomic E-state index is 12.9. The second kappa shape index (κ2) is 7.14. The molecule has 0 bridgehead atoms. The monoisotopic (exact) mass is 340 g/mol. The largest absolute Gasteiger partial charge is 0.490 e. The zero-order chi connectivity index (χ0) is 17.9. The molecule has 1 aromatic rings. The zero-order valence-corrected chi connectivity index (χ0v) is 14.6. The van der Waals surface area contributed by atoms with Gasteiger partial charge in [0, 0.05) is 7.05 Å². The second-order valence-corrected chi connectivity index (χ2v) is 7.00. The number of likely N-dealkylation sites (N-methyl/N-ethyl adjacent to an activating group) is 1. The highest BCUT2D eigenvalue weighted by Crippen LogP contribution is 2.36. The van der Waals surface area contributed by atoms with E-state index in [-0.39, 0.29) is 18.5 Å². The molecule has 3 rings (SSSR count). The molecule has 0 spiro atoms. The second-order valence-electron chi connectivity index (χ2n) is 7.00. The van der Waals surface area contributed by atoms with Crippen LogP contribution in [0.5, 0.6) is 5.75 Å². The number of rotatable bonds is 5. The lowest BCUT2D eigenvalue weighted by molar-refractivity contribution is -0.132. The minimum atomic E-state index is -0.955. The van der Waals surface area contributed by atoms with E-state index in [9.17, 15) is 4.79 Å². The van der Waals surface area contributed by atoms with Crippen molar-refractivity contribution < 1.29 is 9.53 Å². The summed E-state index contributed by atoms with van der Waals surface area (Å²) in [5.41, 5.74) is 5.49. The number of nitrogens with two attached hydrogens (primary N) is 1. The summed E-state index contributed by atoms with van der Waals surface area (Å²) in [5.74, 6) is 1.18. The number of amides is 1. The molecule has 1 amide bonds. The van der Waals surface area contributed by atoms with Crippen molar-refractivity contribution in [3.63, 3.8) is 0 Å². The van der Waals surface area contributed by atoms with Crippen molar-refractivity contribution in [2.75, 3.05) is 13.7 Å². The molecule has 25 heavy (non-hydrogen) atoms. The van der Waals surface area contributed by atoms with Gasteiger partial charge in [0.25, 0.3) is 5.91 Å². The fraction of sp³-hybridized carbons (Fsp3) is 0.526. The molecule has 1 atom stereocenters. The van der Waals surface area contributed by atoms with Crippen LogP contribution >= 0.6 is 0 Å². The van der Waals surface area contributed by atoms with Crippen LogP contribution in [-0.2, 0) is 4.79 Å². The minimum Gasteiger partial charge on any atom is -0.490 e. The smallest absolute Gasteiger partial charge is 0.260 e. The normalized spacial score (nSPS) is 24.1. The number of carbonyl (C=O) groups excluding carboxylic acids is 1. The van der Waals surface area contributed by atoms with Crippen molar-refractivity contribution in [3.8, 4) is 11.8 Å². The van der Waals surface area contributed by atoms with E-state index in [2.05, 4.69) is 11.1 Å². The molecule has 132 valence electrons. The molecule has 2 N–H and O–H groups in total. The lowest BCUT2D eigenvalue weighted by Crippen LogP contribution is -2.47.